The van der Waals surface area contributed by atoms with Crippen molar-refractivity contribution in [1.82, 2.24) is 4.90 Å². The van der Waals surface area contributed by atoms with E-state index in [2.05, 4.69) is 0 Å². The standard InChI is InChI=1S/C16H21FN2OS/c17-13-3-1-2-4-15(13)21-8-7-16(20)19-9-11-5-6-14(18)12(11)10-19/h1-4,11-12,14H,5-10,18H2. The summed E-state index contributed by atoms with van der Waals surface area (Å²) >= 11 is 1.41. The van der Waals surface area contributed by atoms with Gasteiger partial charge in [0.1, 0.15) is 5.82 Å². The lowest BCUT2D eigenvalue weighted by molar-refractivity contribution is -0.130. The first kappa shape index (κ1) is 14.9. The molecule has 5 heteroatoms. The quantitative estimate of drug-likeness (QED) is 0.869. The molecule has 0 aromatic heterocycles. The minimum absolute atomic E-state index is 0.181. The number of carbonyl (C=O) groups is 1. The second kappa shape index (κ2) is 6.36. The van der Waals surface area contributed by atoms with E-state index in [9.17, 15) is 9.18 Å². The Morgan fingerprint density at radius 3 is 2.90 bits per heavy atom. The Kier molecular flexibility index (Phi) is 4.50. The Bertz CT molecular complexity index is 525. The number of carbonyl (C=O) groups excluding carboxylic acids is 1. The summed E-state index contributed by atoms with van der Waals surface area (Å²) in [5, 5.41) is 0. The van der Waals surface area contributed by atoms with Crippen LogP contribution >= 0.6 is 11.8 Å². The molecule has 1 heterocycles. The molecule has 21 heavy (non-hydrogen) atoms. The van der Waals surface area contributed by atoms with Crippen LogP contribution in [0.15, 0.2) is 29.2 Å². The number of benzene rings is 1. The van der Waals surface area contributed by atoms with E-state index in [-0.39, 0.29) is 17.8 Å². The van der Waals surface area contributed by atoms with Crippen LogP contribution < -0.4 is 5.73 Å². The van der Waals surface area contributed by atoms with Crippen molar-refractivity contribution in [3.05, 3.63) is 30.1 Å². The molecule has 2 fully saturated rings. The number of thioether (sulfide) groups is 1. The molecular weight excluding hydrogens is 287 g/mol. The largest absolute Gasteiger partial charge is 0.342 e. The van der Waals surface area contributed by atoms with E-state index in [4.69, 9.17) is 5.73 Å². The maximum Gasteiger partial charge on any atom is 0.223 e. The fourth-order valence-electron chi connectivity index (χ4n) is 3.48. The average Bonchev–Trinajstić information content (AvgIpc) is 3.04. The normalized spacial score (nSPS) is 27.9. The van der Waals surface area contributed by atoms with Gasteiger partial charge in [-0.2, -0.15) is 0 Å². The molecule has 1 aromatic carbocycles. The van der Waals surface area contributed by atoms with Crippen LogP contribution in [0.25, 0.3) is 0 Å². The third kappa shape index (κ3) is 3.24. The van der Waals surface area contributed by atoms with Crippen molar-refractivity contribution < 1.29 is 9.18 Å². The molecule has 1 saturated heterocycles. The number of amides is 1. The highest BCUT2D eigenvalue weighted by Gasteiger charge is 2.42. The summed E-state index contributed by atoms with van der Waals surface area (Å²) in [4.78, 5) is 14.8. The van der Waals surface area contributed by atoms with Gasteiger partial charge in [0, 0.05) is 36.2 Å². The van der Waals surface area contributed by atoms with Crippen LogP contribution in [0, 0.1) is 17.7 Å². The molecule has 1 aliphatic heterocycles. The van der Waals surface area contributed by atoms with Crippen LogP contribution in [0.4, 0.5) is 4.39 Å². The first-order chi connectivity index (χ1) is 10.1. The molecule has 0 spiro atoms. The summed E-state index contributed by atoms with van der Waals surface area (Å²) < 4.78 is 13.5. The first-order valence-corrected chi connectivity index (χ1v) is 8.54. The number of hydrogen-bond acceptors (Lipinski definition) is 3. The Hall–Kier alpha value is -1.07. The van der Waals surface area contributed by atoms with Gasteiger partial charge in [-0.15, -0.1) is 11.8 Å². The lowest BCUT2D eigenvalue weighted by atomic mass is 9.98. The zero-order valence-electron chi connectivity index (χ0n) is 12.0. The Labute approximate surface area is 129 Å². The predicted octanol–water partition coefficient (Wildman–Crippen LogP) is 2.50. The zero-order chi connectivity index (χ0) is 14.8. The van der Waals surface area contributed by atoms with Crippen molar-refractivity contribution in [3.63, 3.8) is 0 Å². The van der Waals surface area contributed by atoms with Gasteiger partial charge in [0.05, 0.1) is 0 Å². The lowest BCUT2D eigenvalue weighted by Gasteiger charge is -2.18. The van der Waals surface area contributed by atoms with Crippen LogP contribution in [0.2, 0.25) is 0 Å². The molecule has 2 N–H and O–H groups in total. The number of nitrogens with zero attached hydrogens (tertiary/aromatic N) is 1. The molecule has 0 bridgehead atoms. The summed E-state index contributed by atoms with van der Waals surface area (Å²) in [6.07, 6.45) is 2.72. The molecule has 2 aliphatic rings. The average molecular weight is 308 g/mol. The highest BCUT2D eigenvalue weighted by atomic mass is 32.2. The molecule has 3 nitrogen and oxygen atoms in total. The highest BCUT2D eigenvalue weighted by molar-refractivity contribution is 7.99. The number of rotatable bonds is 4. The van der Waals surface area contributed by atoms with E-state index in [0.29, 0.717) is 28.9 Å². The van der Waals surface area contributed by atoms with E-state index in [0.717, 1.165) is 25.9 Å². The van der Waals surface area contributed by atoms with Crippen LogP contribution in [0.1, 0.15) is 19.3 Å². The molecule has 1 amide bonds. The van der Waals surface area contributed by atoms with Crippen molar-refractivity contribution in [3.8, 4) is 0 Å². The van der Waals surface area contributed by atoms with E-state index in [1.54, 1.807) is 12.1 Å². The van der Waals surface area contributed by atoms with Crippen LogP contribution in [0.3, 0.4) is 0 Å². The number of hydrogen-bond donors (Lipinski definition) is 1. The number of likely N-dealkylation sites (tertiary alicyclic amines) is 1. The van der Waals surface area contributed by atoms with E-state index in [1.165, 1.54) is 17.8 Å². The molecule has 114 valence electrons. The van der Waals surface area contributed by atoms with Gasteiger partial charge in [-0.1, -0.05) is 12.1 Å². The van der Waals surface area contributed by atoms with Gasteiger partial charge >= 0.3 is 0 Å². The van der Waals surface area contributed by atoms with Crippen LogP contribution in [-0.4, -0.2) is 35.7 Å². The second-order valence-electron chi connectivity index (χ2n) is 5.99. The summed E-state index contributed by atoms with van der Waals surface area (Å²) in [6.45, 7) is 1.68. The van der Waals surface area contributed by atoms with Gasteiger partial charge in [0.25, 0.3) is 0 Å². The second-order valence-corrected chi connectivity index (χ2v) is 7.13. The van der Waals surface area contributed by atoms with E-state index >= 15 is 0 Å². The van der Waals surface area contributed by atoms with Crippen molar-refractivity contribution >= 4 is 17.7 Å². The third-order valence-electron chi connectivity index (χ3n) is 4.68. The van der Waals surface area contributed by atoms with Gasteiger partial charge in [-0.05, 0) is 36.8 Å². The zero-order valence-corrected chi connectivity index (χ0v) is 12.8. The van der Waals surface area contributed by atoms with Gasteiger partial charge in [-0.25, -0.2) is 4.39 Å². The SMILES string of the molecule is NC1CCC2CN(C(=O)CCSc3ccccc3F)CC12. The highest BCUT2D eigenvalue weighted by Crippen LogP contribution is 2.37. The smallest absolute Gasteiger partial charge is 0.223 e. The molecule has 1 saturated carbocycles. The van der Waals surface area contributed by atoms with Crippen molar-refractivity contribution in [1.29, 1.82) is 0 Å². The van der Waals surface area contributed by atoms with Gasteiger partial charge in [0.2, 0.25) is 5.91 Å². The number of fused-ring (bicyclic) bond motifs is 1. The first-order valence-electron chi connectivity index (χ1n) is 7.56. The molecule has 3 atom stereocenters. The minimum atomic E-state index is -0.211. The van der Waals surface area contributed by atoms with Crippen molar-refractivity contribution in [2.75, 3.05) is 18.8 Å². The van der Waals surface area contributed by atoms with Crippen molar-refractivity contribution in [2.45, 2.75) is 30.2 Å². The van der Waals surface area contributed by atoms with E-state index < -0.39 is 0 Å². The molecule has 0 radical (unpaired) electrons. The maximum absolute atomic E-state index is 13.5. The number of halogens is 1. The molecule has 3 rings (SSSR count). The minimum Gasteiger partial charge on any atom is -0.342 e. The fourth-order valence-corrected chi connectivity index (χ4v) is 4.36. The van der Waals surface area contributed by atoms with Gasteiger partial charge in [0.15, 0.2) is 0 Å². The predicted molar refractivity (Wildman–Crippen MR) is 82.5 cm³/mol. The molecular formula is C16H21FN2OS. The summed E-state index contributed by atoms with van der Waals surface area (Å²) in [5.74, 6) is 1.69. The van der Waals surface area contributed by atoms with E-state index in [1.807, 2.05) is 11.0 Å². The summed E-state index contributed by atoms with van der Waals surface area (Å²) in [5.41, 5.74) is 6.09. The van der Waals surface area contributed by atoms with Gasteiger partial charge < -0.3 is 10.6 Å². The van der Waals surface area contributed by atoms with Gasteiger partial charge in [-0.3, -0.25) is 4.79 Å². The molecule has 1 aliphatic carbocycles. The molecule has 1 aromatic rings. The number of nitrogens with two attached hydrogens (primary N) is 1. The Morgan fingerprint density at radius 2 is 2.14 bits per heavy atom. The van der Waals surface area contributed by atoms with Crippen LogP contribution in [-0.2, 0) is 4.79 Å². The van der Waals surface area contributed by atoms with Crippen molar-refractivity contribution in [2.24, 2.45) is 17.6 Å². The lowest BCUT2D eigenvalue weighted by Crippen LogP contribution is -2.33. The van der Waals surface area contributed by atoms with Crippen LogP contribution in [0.5, 0.6) is 0 Å². The fraction of sp³-hybridized carbons (Fsp3) is 0.562. The molecule has 3 unspecified atom stereocenters. The summed E-state index contributed by atoms with van der Waals surface area (Å²) in [7, 11) is 0. The third-order valence-corrected chi connectivity index (χ3v) is 5.73. The topological polar surface area (TPSA) is 46.3 Å². The maximum atomic E-state index is 13.5. The monoisotopic (exact) mass is 308 g/mol. The summed E-state index contributed by atoms with van der Waals surface area (Å²) in [6, 6.07) is 6.96. The Balaban J connectivity index is 1.46. The Morgan fingerprint density at radius 1 is 1.33 bits per heavy atom.